The summed E-state index contributed by atoms with van der Waals surface area (Å²) < 4.78 is 5.45. The van der Waals surface area contributed by atoms with Crippen LogP contribution in [0.4, 0.5) is 0 Å². The average Bonchev–Trinajstić information content (AvgIpc) is 2.26. The van der Waals surface area contributed by atoms with Crippen molar-refractivity contribution < 1.29 is 9.53 Å². The molecule has 0 aromatic carbocycles. The second-order valence-corrected chi connectivity index (χ2v) is 4.58. The molecule has 1 N–H and O–H groups in total. The molecular formula is C13H22N2O2. The minimum Gasteiger partial charge on any atom is -0.378 e. The molecule has 0 heterocycles. The van der Waals surface area contributed by atoms with Crippen LogP contribution in [0, 0.1) is 17.2 Å². The van der Waals surface area contributed by atoms with E-state index in [2.05, 4.69) is 11.4 Å². The van der Waals surface area contributed by atoms with E-state index in [4.69, 9.17) is 10.00 Å². The van der Waals surface area contributed by atoms with Gasteiger partial charge in [0.2, 0.25) is 5.91 Å². The molecule has 0 unspecified atom stereocenters. The summed E-state index contributed by atoms with van der Waals surface area (Å²) >= 11 is 0. The fraction of sp³-hybridized carbons (Fsp3) is 0.846. The van der Waals surface area contributed by atoms with Crippen LogP contribution in [0.3, 0.4) is 0 Å². The molecule has 1 fully saturated rings. The molecule has 0 radical (unpaired) electrons. The van der Waals surface area contributed by atoms with Crippen LogP contribution in [-0.2, 0) is 9.53 Å². The maximum absolute atomic E-state index is 11.5. The molecule has 17 heavy (non-hydrogen) atoms. The number of unbranched alkanes of at least 4 members (excludes halogenated alkanes) is 2. The van der Waals surface area contributed by atoms with Gasteiger partial charge in [0.15, 0.2) is 0 Å². The molecule has 1 aliphatic carbocycles. The molecule has 4 nitrogen and oxygen atoms in total. The molecule has 1 saturated carbocycles. The maximum atomic E-state index is 11.5. The summed E-state index contributed by atoms with van der Waals surface area (Å²) in [5.41, 5.74) is 0. The lowest BCUT2D eigenvalue weighted by molar-refractivity contribution is -0.124. The third kappa shape index (κ3) is 5.69. The molecular weight excluding hydrogens is 216 g/mol. The van der Waals surface area contributed by atoms with Crippen LogP contribution in [0.1, 0.15) is 45.4 Å². The number of amides is 1. The van der Waals surface area contributed by atoms with Crippen molar-refractivity contribution in [2.24, 2.45) is 5.92 Å². The highest BCUT2D eigenvalue weighted by Crippen LogP contribution is 2.32. The van der Waals surface area contributed by atoms with Gasteiger partial charge in [-0.1, -0.05) is 0 Å². The van der Waals surface area contributed by atoms with Crippen LogP contribution in [0.2, 0.25) is 0 Å². The molecule has 96 valence electrons. The van der Waals surface area contributed by atoms with Gasteiger partial charge >= 0.3 is 0 Å². The van der Waals surface area contributed by atoms with Crippen LogP contribution in [0.15, 0.2) is 0 Å². The Kier molecular flexibility index (Phi) is 6.64. The van der Waals surface area contributed by atoms with Crippen molar-refractivity contribution >= 4 is 5.91 Å². The van der Waals surface area contributed by atoms with Crippen molar-refractivity contribution in [3.63, 3.8) is 0 Å². The van der Waals surface area contributed by atoms with Gasteiger partial charge in [-0.2, -0.15) is 5.26 Å². The number of nitrogens with zero attached hydrogens (tertiary/aromatic N) is 1. The highest BCUT2D eigenvalue weighted by molar-refractivity contribution is 5.76. The van der Waals surface area contributed by atoms with Gasteiger partial charge in [0.25, 0.3) is 0 Å². The second kappa shape index (κ2) is 8.08. The predicted octanol–water partition coefficient (Wildman–Crippen LogP) is 2.00. The smallest absolute Gasteiger partial charge is 0.220 e. The minimum absolute atomic E-state index is 0.141. The molecule has 4 heteroatoms. The Morgan fingerprint density at radius 2 is 2.24 bits per heavy atom. The summed E-state index contributed by atoms with van der Waals surface area (Å²) in [5.74, 6) is 0.646. The van der Waals surface area contributed by atoms with Gasteiger partial charge in [-0.15, -0.1) is 0 Å². The van der Waals surface area contributed by atoms with Crippen LogP contribution >= 0.6 is 0 Å². The molecule has 0 aliphatic heterocycles. The molecule has 0 aromatic rings. The molecule has 1 rings (SSSR count). The SMILES string of the molecule is CCOC1CC(CC(=O)NCCCCC#N)C1. The number of rotatable bonds is 8. The lowest BCUT2D eigenvalue weighted by Gasteiger charge is -2.34. The molecule has 0 bridgehead atoms. The Morgan fingerprint density at radius 3 is 2.88 bits per heavy atom. The Morgan fingerprint density at radius 1 is 1.47 bits per heavy atom. The molecule has 0 saturated heterocycles. The number of nitriles is 1. The van der Waals surface area contributed by atoms with Gasteiger partial charge in [0.1, 0.15) is 0 Å². The summed E-state index contributed by atoms with van der Waals surface area (Å²) in [6.45, 7) is 3.46. The largest absolute Gasteiger partial charge is 0.378 e. The summed E-state index contributed by atoms with van der Waals surface area (Å²) in [6.07, 6.45) is 5.40. The van der Waals surface area contributed by atoms with Gasteiger partial charge in [0, 0.05) is 26.0 Å². The summed E-state index contributed by atoms with van der Waals surface area (Å²) in [5, 5.41) is 11.3. The van der Waals surface area contributed by atoms with Crippen molar-refractivity contribution in [1.82, 2.24) is 5.32 Å². The van der Waals surface area contributed by atoms with E-state index in [9.17, 15) is 4.79 Å². The van der Waals surface area contributed by atoms with Crippen LogP contribution in [0.25, 0.3) is 0 Å². The Balaban J connectivity index is 1.94. The molecule has 1 amide bonds. The first-order valence-electron chi connectivity index (χ1n) is 6.51. The number of hydrogen-bond acceptors (Lipinski definition) is 3. The third-order valence-corrected chi connectivity index (χ3v) is 3.11. The van der Waals surface area contributed by atoms with E-state index >= 15 is 0 Å². The third-order valence-electron chi connectivity index (χ3n) is 3.11. The monoisotopic (exact) mass is 238 g/mol. The van der Waals surface area contributed by atoms with Gasteiger partial charge in [0.05, 0.1) is 12.2 Å². The number of carbonyl (C=O) groups excluding carboxylic acids is 1. The lowest BCUT2D eigenvalue weighted by atomic mass is 9.80. The Labute approximate surface area is 103 Å². The van der Waals surface area contributed by atoms with E-state index in [1.165, 1.54) is 0 Å². The number of ether oxygens (including phenoxy) is 1. The summed E-state index contributed by atoms with van der Waals surface area (Å²) in [4.78, 5) is 11.5. The van der Waals surface area contributed by atoms with Gasteiger partial charge in [-0.3, -0.25) is 4.79 Å². The van der Waals surface area contributed by atoms with E-state index in [-0.39, 0.29) is 5.91 Å². The quantitative estimate of drug-likeness (QED) is 0.658. The van der Waals surface area contributed by atoms with Crippen molar-refractivity contribution in [1.29, 1.82) is 5.26 Å². The first kappa shape index (κ1) is 14.0. The normalized spacial score (nSPS) is 22.6. The van der Waals surface area contributed by atoms with Crippen molar-refractivity contribution in [2.75, 3.05) is 13.2 Å². The van der Waals surface area contributed by atoms with Crippen molar-refractivity contribution in [2.45, 2.75) is 51.6 Å². The summed E-state index contributed by atoms with van der Waals surface area (Å²) in [7, 11) is 0. The molecule has 0 spiro atoms. The first-order valence-corrected chi connectivity index (χ1v) is 6.51. The van der Waals surface area contributed by atoms with E-state index in [0.717, 1.165) is 32.3 Å². The first-order chi connectivity index (χ1) is 8.26. The van der Waals surface area contributed by atoms with Crippen LogP contribution in [0.5, 0.6) is 0 Å². The van der Waals surface area contributed by atoms with E-state index in [1.807, 2.05) is 6.92 Å². The van der Waals surface area contributed by atoms with Crippen LogP contribution < -0.4 is 5.32 Å². The van der Waals surface area contributed by atoms with Gasteiger partial charge in [-0.05, 0) is 38.5 Å². The zero-order valence-corrected chi connectivity index (χ0v) is 10.6. The van der Waals surface area contributed by atoms with Gasteiger partial charge in [-0.25, -0.2) is 0 Å². The second-order valence-electron chi connectivity index (χ2n) is 4.58. The zero-order valence-electron chi connectivity index (χ0n) is 10.6. The highest BCUT2D eigenvalue weighted by atomic mass is 16.5. The number of hydrogen-bond donors (Lipinski definition) is 1. The fourth-order valence-corrected chi connectivity index (χ4v) is 2.10. The Bertz CT molecular complexity index is 267. The van der Waals surface area contributed by atoms with Crippen molar-refractivity contribution in [3.8, 4) is 6.07 Å². The maximum Gasteiger partial charge on any atom is 0.220 e. The molecule has 1 aliphatic rings. The minimum atomic E-state index is 0.141. The Hall–Kier alpha value is -1.08. The topological polar surface area (TPSA) is 62.1 Å². The fourth-order valence-electron chi connectivity index (χ4n) is 2.10. The predicted molar refractivity (Wildman–Crippen MR) is 65.2 cm³/mol. The van der Waals surface area contributed by atoms with Gasteiger partial charge < -0.3 is 10.1 Å². The summed E-state index contributed by atoms with van der Waals surface area (Å²) in [6, 6.07) is 2.10. The average molecular weight is 238 g/mol. The molecule has 0 atom stereocenters. The zero-order chi connectivity index (χ0) is 12.5. The lowest BCUT2D eigenvalue weighted by Crippen LogP contribution is -2.36. The number of nitrogens with one attached hydrogen (secondary N) is 1. The standard InChI is InChI=1S/C13H22N2O2/c1-2-17-12-8-11(9-12)10-13(16)15-7-5-3-4-6-14/h11-12H,2-5,7-10H2,1H3,(H,15,16). The van der Waals surface area contributed by atoms with Crippen LogP contribution in [-0.4, -0.2) is 25.2 Å². The van der Waals surface area contributed by atoms with E-state index < -0.39 is 0 Å². The highest BCUT2D eigenvalue weighted by Gasteiger charge is 2.30. The molecule has 0 aromatic heterocycles. The van der Waals surface area contributed by atoms with Crippen molar-refractivity contribution in [3.05, 3.63) is 0 Å². The van der Waals surface area contributed by atoms with E-state index in [0.29, 0.717) is 31.4 Å². The number of carbonyl (C=O) groups is 1. The van der Waals surface area contributed by atoms with E-state index in [1.54, 1.807) is 0 Å².